The van der Waals surface area contributed by atoms with E-state index in [2.05, 4.69) is 6.07 Å². The molecule has 3 heteroatoms. The number of halogens is 1. The molecule has 76 valence electrons. The lowest BCUT2D eigenvalue weighted by molar-refractivity contribution is -0.121. The van der Waals surface area contributed by atoms with E-state index < -0.39 is 0 Å². The molecule has 1 fully saturated rings. The summed E-state index contributed by atoms with van der Waals surface area (Å²) in [6.45, 7) is 0. The molecule has 1 aromatic heterocycles. The third-order valence-corrected chi connectivity index (χ3v) is 3.96. The first-order valence-corrected chi connectivity index (χ1v) is 6.19. The third kappa shape index (κ3) is 2.58. The molecule has 14 heavy (non-hydrogen) atoms. The van der Waals surface area contributed by atoms with E-state index in [0.29, 0.717) is 11.7 Å². The lowest BCUT2D eigenvalue weighted by Gasteiger charge is -2.19. The van der Waals surface area contributed by atoms with Gasteiger partial charge in [0.1, 0.15) is 5.78 Å². The summed E-state index contributed by atoms with van der Waals surface area (Å²) in [5, 5.41) is 0. The Balaban J connectivity index is 1.93. The van der Waals surface area contributed by atoms with Crippen molar-refractivity contribution in [3.05, 3.63) is 21.3 Å². The van der Waals surface area contributed by atoms with Gasteiger partial charge in [0.05, 0.1) is 4.34 Å². The molecular formula is C11H13ClOS. The van der Waals surface area contributed by atoms with Crippen molar-refractivity contribution in [2.24, 2.45) is 5.92 Å². The number of carbonyl (C=O) groups excluding carboxylic acids is 1. The Morgan fingerprint density at radius 2 is 2.36 bits per heavy atom. The van der Waals surface area contributed by atoms with Gasteiger partial charge in [0, 0.05) is 17.7 Å². The van der Waals surface area contributed by atoms with Crippen LogP contribution in [0.1, 0.15) is 30.6 Å². The van der Waals surface area contributed by atoms with Crippen molar-refractivity contribution in [1.29, 1.82) is 0 Å². The van der Waals surface area contributed by atoms with Crippen molar-refractivity contribution in [3.63, 3.8) is 0 Å². The van der Waals surface area contributed by atoms with Gasteiger partial charge >= 0.3 is 0 Å². The Morgan fingerprint density at radius 1 is 1.50 bits per heavy atom. The standard InChI is InChI=1S/C11H13ClOS/c12-11-5-4-10(14-11)7-8-2-1-3-9(13)6-8/h4-5,8H,1-3,6-7H2. The fourth-order valence-electron chi connectivity index (χ4n) is 2.03. The first-order chi connectivity index (χ1) is 6.74. The lowest BCUT2D eigenvalue weighted by atomic mass is 9.86. The highest BCUT2D eigenvalue weighted by Gasteiger charge is 2.19. The summed E-state index contributed by atoms with van der Waals surface area (Å²) >= 11 is 7.50. The lowest BCUT2D eigenvalue weighted by Crippen LogP contribution is -2.16. The molecular weight excluding hydrogens is 216 g/mol. The number of Topliss-reactive ketones (excluding diaryl/α,β-unsaturated/α-hetero) is 1. The topological polar surface area (TPSA) is 17.1 Å². The largest absolute Gasteiger partial charge is 0.300 e. The van der Waals surface area contributed by atoms with Crippen LogP contribution in [0.3, 0.4) is 0 Å². The fraction of sp³-hybridized carbons (Fsp3) is 0.545. The summed E-state index contributed by atoms with van der Waals surface area (Å²) in [6.07, 6.45) is 4.87. The second kappa shape index (κ2) is 4.45. The molecule has 0 N–H and O–H groups in total. The maximum Gasteiger partial charge on any atom is 0.133 e. The van der Waals surface area contributed by atoms with Gasteiger partial charge in [-0.15, -0.1) is 11.3 Å². The van der Waals surface area contributed by atoms with Crippen molar-refractivity contribution >= 4 is 28.7 Å². The molecule has 0 aliphatic heterocycles. The van der Waals surface area contributed by atoms with Crippen LogP contribution in [0.4, 0.5) is 0 Å². The summed E-state index contributed by atoms with van der Waals surface area (Å²) in [7, 11) is 0. The predicted octanol–water partition coefficient (Wildman–Crippen LogP) is 3.70. The van der Waals surface area contributed by atoms with Crippen molar-refractivity contribution in [1.82, 2.24) is 0 Å². The Bertz CT molecular complexity index is 332. The highest BCUT2D eigenvalue weighted by molar-refractivity contribution is 7.16. The molecule has 0 bridgehead atoms. The molecule has 0 radical (unpaired) electrons. The van der Waals surface area contributed by atoms with Crippen molar-refractivity contribution in [3.8, 4) is 0 Å². The van der Waals surface area contributed by atoms with Gasteiger partial charge in [0.15, 0.2) is 0 Å². The van der Waals surface area contributed by atoms with Gasteiger partial charge in [-0.3, -0.25) is 4.79 Å². The molecule has 0 amide bonds. The number of carbonyl (C=O) groups is 1. The van der Waals surface area contributed by atoms with Crippen LogP contribution in [-0.4, -0.2) is 5.78 Å². The quantitative estimate of drug-likeness (QED) is 0.755. The Morgan fingerprint density at radius 3 is 3.00 bits per heavy atom. The van der Waals surface area contributed by atoms with Crippen LogP contribution in [0.5, 0.6) is 0 Å². The molecule has 0 spiro atoms. The number of ketones is 1. The highest BCUT2D eigenvalue weighted by atomic mass is 35.5. The van der Waals surface area contributed by atoms with Gasteiger partial charge in [-0.2, -0.15) is 0 Å². The zero-order valence-electron chi connectivity index (χ0n) is 7.96. The van der Waals surface area contributed by atoms with E-state index in [1.54, 1.807) is 11.3 Å². The first kappa shape index (κ1) is 10.2. The molecule has 0 aromatic carbocycles. The predicted molar refractivity (Wildman–Crippen MR) is 60.0 cm³/mol. The van der Waals surface area contributed by atoms with E-state index in [0.717, 1.165) is 30.0 Å². The van der Waals surface area contributed by atoms with Gasteiger partial charge in [-0.25, -0.2) is 0 Å². The molecule has 1 unspecified atom stereocenters. The van der Waals surface area contributed by atoms with E-state index >= 15 is 0 Å². The van der Waals surface area contributed by atoms with Crippen molar-refractivity contribution in [2.75, 3.05) is 0 Å². The minimum absolute atomic E-state index is 0.434. The summed E-state index contributed by atoms with van der Waals surface area (Å²) in [5.41, 5.74) is 0. The molecule has 1 aromatic rings. The second-order valence-corrected chi connectivity index (χ2v) is 5.71. The first-order valence-electron chi connectivity index (χ1n) is 5.00. The number of thiophene rings is 1. The summed E-state index contributed by atoms with van der Waals surface area (Å²) in [6, 6.07) is 4.01. The average molecular weight is 229 g/mol. The zero-order valence-corrected chi connectivity index (χ0v) is 9.53. The molecule has 1 aliphatic rings. The third-order valence-electron chi connectivity index (χ3n) is 2.70. The van der Waals surface area contributed by atoms with Crippen LogP contribution in [0, 0.1) is 5.92 Å². The molecule has 1 heterocycles. The minimum Gasteiger partial charge on any atom is -0.300 e. The molecule has 1 aliphatic carbocycles. The SMILES string of the molecule is O=C1CCCC(Cc2ccc(Cl)s2)C1. The normalized spacial score (nSPS) is 22.6. The van der Waals surface area contributed by atoms with E-state index in [1.165, 1.54) is 11.3 Å². The van der Waals surface area contributed by atoms with Gasteiger partial charge in [0.2, 0.25) is 0 Å². The van der Waals surface area contributed by atoms with Gasteiger partial charge in [-0.1, -0.05) is 11.6 Å². The van der Waals surface area contributed by atoms with E-state index in [1.807, 2.05) is 6.07 Å². The molecule has 0 saturated heterocycles. The molecule has 2 rings (SSSR count). The number of hydrogen-bond acceptors (Lipinski definition) is 2. The van der Waals surface area contributed by atoms with Gasteiger partial charge in [-0.05, 0) is 37.3 Å². The number of hydrogen-bond donors (Lipinski definition) is 0. The van der Waals surface area contributed by atoms with Crippen LogP contribution in [0.25, 0.3) is 0 Å². The van der Waals surface area contributed by atoms with Crippen LogP contribution in [0.2, 0.25) is 4.34 Å². The van der Waals surface area contributed by atoms with Gasteiger partial charge < -0.3 is 0 Å². The van der Waals surface area contributed by atoms with Crippen LogP contribution < -0.4 is 0 Å². The van der Waals surface area contributed by atoms with Crippen LogP contribution >= 0.6 is 22.9 Å². The van der Waals surface area contributed by atoms with E-state index in [9.17, 15) is 4.79 Å². The second-order valence-electron chi connectivity index (χ2n) is 3.91. The van der Waals surface area contributed by atoms with E-state index in [4.69, 9.17) is 11.6 Å². The molecule has 1 saturated carbocycles. The number of rotatable bonds is 2. The fourth-order valence-corrected chi connectivity index (χ4v) is 3.24. The van der Waals surface area contributed by atoms with Crippen molar-refractivity contribution in [2.45, 2.75) is 32.1 Å². The smallest absolute Gasteiger partial charge is 0.133 e. The summed E-state index contributed by atoms with van der Waals surface area (Å²) < 4.78 is 0.849. The summed E-state index contributed by atoms with van der Waals surface area (Å²) in [4.78, 5) is 12.6. The maximum atomic E-state index is 11.2. The Labute approximate surface area is 93.1 Å². The molecule has 1 atom stereocenters. The van der Waals surface area contributed by atoms with Gasteiger partial charge in [0.25, 0.3) is 0 Å². The molecule has 1 nitrogen and oxygen atoms in total. The highest BCUT2D eigenvalue weighted by Crippen LogP contribution is 2.29. The minimum atomic E-state index is 0.434. The maximum absolute atomic E-state index is 11.2. The average Bonchev–Trinajstić information content (AvgIpc) is 2.51. The van der Waals surface area contributed by atoms with E-state index in [-0.39, 0.29) is 0 Å². The van der Waals surface area contributed by atoms with Crippen LogP contribution in [-0.2, 0) is 11.2 Å². The monoisotopic (exact) mass is 228 g/mol. The Hall–Kier alpha value is -0.340. The Kier molecular flexibility index (Phi) is 3.24. The zero-order chi connectivity index (χ0) is 9.97. The van der Waals surface area contributed by atoms with Crippen LogP contribution in [0.15, 0.2) is 12.1 Å². The summed E-state index contributed by atoms with van der Waals surface area (Å²) in [5.74, 6) is 0.995. The van der Waals surface area contributed by atoms with Crippen molar-refractivity contribution < 1.29 is 4.79 Å².